The zero-order valence-corrected chi connectivity index (χ0v) is 17.3. The van der Waals surface area contributed by atoms with Crippen LogP contribution in [-0.2, 0) is 30.8 Å². The van der Waals surface area contributed by atoms with Crippen LogP contribution in [0.15, 0.2) is 40.6 Å². The average molecular weight is 447 g/mol. The van der Waals surface area contributed by atoms with Crippen LogP contribution in [0.3, 0.4) is 0 Å². The fraction of sp³-hybridized carbons (Fsp3) is 0.294. The SMILES string of the molecule is COCCN(Cc1cccs1)C(=O)COC(=O)c1cc(S(N)(=O)=O)ccc1Cl. The number of hydrogen-bond acceptors (Lipinski definition) is 7. The quantitative estimate of drug-likeness (QED) is 0.588. The van der Waals surface area contributed by atoms with E-state index in [2.05, 4.69) is 0 Å². The molecule has 152 valence electrons. The van der Waals surface area contributed by atoms with Crippen LogP contribution in [0.1, 0.15) is 15.2 Å². The van der Waals surface area contributed by atoms with E-state index in [1.165, 1.54) is 35.5 Å². The normalized spacial score (nSPS) is 11.2. The number of carbonyl (C=O) groups excluding carboxylic acids is 2. The number of thiophene rings is 1. The van der Waals surface area contributed by atoms with E-state index in [0.29, 0.717) is 19.7 Å². The predicted octanol–water partition coefficient (Wildman–Crippen LogP) is 1.88. The van der Waals surface area contributed by atoms with Crippen LogP contribution in [-0.4, -0.2) is 52.1 Å². The second-order valence-electron chi connectivity index (χ2n) is 5.65. The summed E-state index contributed by atoms with van der Waals surface area (Å²) in [6, 6.07) is 7.18. The van der Waals surface area contributed by atoms with E-state index < -0.39 is 28.5 Å². The molecule has 0 saturated heterocycles. The topological polar surface area (TPSA) is 116 Å². The number of methoxy groups -OCH3 is 1. The molecule has 2 rings (SSSR count). The molecule has 1 aromatic heterocycles. The average Bonchev–Trinajstić information content (AvgIpc) is 3.15. The molecule has 0 radical (unpaired) electrons. The Morgan fingerprint density at radius 1 is 1.29 bits per heavy atom. The summed E-state index contributed by atoms with van der Waals surface area (Å²) in [7, 11) is -2.49. The molecule has 0 unspecified atom stereocenters. The Morgan fingerprint density at radius 2 is 2.04 bits per heavy atom. The molecule has 0 spiro atoms. The van der Waals surface area contributed by atoms with Gasteiger partial charge in [0, 0.05) is 18.5 Å². The van der Waals surface area contributed by atoms with Gasteiger partial charge in [-0.2, -0.15) is 0 Å². The molecular weight excluding hydrogens is 428 g/mol. The zero-order chi connectivity index (χ0) is 20.7. The molecule has 2 N–H and O–H groups in total. The van der Waals surface area contributed by atoms with Gasteiger partial charge in [-0.25, -0.2) is 18.4 Å². The number of nitrogens with zero attached hydrogens (tertiary/aromatic N) is 1. The summed E-state index contributed by atoms with van der Waals surface area (Å²) in [5.74, 6) is -1.34. The van der Waals surface area contributed by atoms with Crippen molar-refractivity contribution in [3.05, 3.63) is 51.2 Å². The Labute approximate surface area is 171 Å². The first-order valence-corrected chi connectivity index (χ1v) is 10.8. The summed E-state index contributed by atoms with van der Waals surface area (Å²) in [6.45, 7) is 0.489. The van der Waals surface area contributed by atoms with Crippen molar-refractivity contribution in [1.82, 2.24) is 4.90 Å². The molecular formula is C17H19ClN2O6S2. The zero-order valence-electron chi connectivity index (χ0n) is 15.0. The van der Waals surface area contributed by atoms with Crippen molar-refractivity contribution in [2.24, 2.45) is 5.14 Å². The molecule has 11 heteroatoms. The molecule has 0 bridgehead atoms. The van der Waals surface area contributed by atoms with Gasteiger partial charge in [0.1, 0.15) is 0 Å². The predicted molar refractivity (Wildman–Crippen MR) is 105 cm³/mol. The van der Waals surface area contributed by atoms with Crippen LogP contribution in [0.5, 0.6) is 0 Å². The van der Waals surface area contributed by atoms with Crippen molar-refractivity contribution in [2.45, 2.75) is 11.4 Å². The number of ether oxygens (including phenoxy) is 2. The fourth-order valence-corrected chi connectivity index (χ4v) is 3.67. The number of halogens is 1. The smallest absolute Gasteiger partial charge is 0.340 e. The first kappa shape index (κ1) is 22.3. The number of primary sulfonamides is 1. The second kappa shape index (κ2) is 9.99. The van der Waals surface area contributed by atoms with Gasteiger partial charge in [-0.3, -0.25) is 4.79 Å². The number of carbonyl (C=O) groups is 2. The molecule has 1 heterocycles. The third-order valence-corrected chi connectivity index (χ3v) is 5.76. The summed E-state index contributed by atoms with van der Waals surface area (Å²) in [5, 5.41) is 6.94. The van der Waals surface area contributed by atoms with Gasteiger partial charge in [0.05, 0.1) is 28.6 Å². The maximum absolute atomic E-state index is 12.5. The monoisotopic (exact) mass is 446 g/mol. The van der Waals surface area contributed by atoms with Gasteiger partial charge in [-0.15, -0.1) is 11.3 Å². The van der Waals surface area contributed by atoms with E-state index in [1.807, 2.05) is 17.5 Å². The van der Waals surface area contributed by atoms with Crippen molar-refractivity contribution in [2.75, 3.05) is 26.9 Å². The van der Waals surface area contributed by atoms with Crippen LogP contribution in [0, 0.1) is 0 Å². The highest BCUT2D eigenvalue weighted by Gasteiger charge is 2.20. The van der Waals surface area contributed by atoms with Gasteiger partial charge >= 0.3 is 5.97 Å². The molecule has 2 aromatic rings. The van der Waals surface area contributed by atoms with Crippen molar-refractivity contribution >= 4 is 44.8 Å². The van der Waals surface area contributed by atoms with Crippen molar-refractivity contribution in [3.63, 3.8) is 0 Å². The maximum Gasteiger partial charge on any atom is 0.340 e. The van der Waals surface area contributed by atoms with E-state index >= 15 is 0 Å². The Kier molecular flexibility index (Phi) is 7.96. The lowest BCUT2D eigenvalue weighted by atomic mass is 10.2. The maximum atomic E-state index is 12.5. The highest BCUT2D eigenvalue weighted by atomic mass is 35.5. The van der Waals surface area contributed by atoms with E-state index in [0.717, 1.165) is 10.9 Å². The lowest BCUT2D eigenvalue weighted by Crippen LogP contribution is -2.36. The van der Waals surface area contributed by atoms with Gasteiger partial charge in [0.2, 0.25) is 10.0 Å². The van der Waals surface area contributed by atoms with Crippen LogP contribution in [0.25, 0.3) is 0 Å². The highest BCUT2D eigenvalue weighted by Crippen LogP contribution is 2.21. The van der Waals surface area contributed by atoms with Gasteiger partial charge in [-0.05, 0) is 29.6 Å². The van der Waals surface area contributed by atoms with Gasteiger partial charge in [-0.1, -0.05) is 17.7 Å². The molecule has 28 heavy (non-hydrogen) atoms. The molecule has 0 saturated carbocycles. The van der Waals surface area contributed by atoms with Crippen LogP contribution < -0.4 is 5.14 Å². The molecule has 1 aromatic carbocycles. The largest absolute Gasteiger partial charge is 0.452 e. The van der Waals surface area contributed by atoms with E-state index in [4.69, 9.17) is 26.2 Å². The van der Waals surface area contributed by atoms with Crippen LogP contribution >= 0.6 is 22.9 Å². The molecule has 1 amide bonds. The number of rotatable bonds is 9. The fourth-order valence-electron chi connectivity index (χ4n) is 2.22. The number of esters is 1. The Hall–Kier alpha value is -1.98. The number of benzene rings is 1. The minimum atomic E-state index is -4.01. The van der Waals surface area contributed by atoms with Crippen LogP contribution in [0.4, 0.5) is 0 Å². The number of hydrogen-bond donors (Lipinski definition) is 1. The molecule has 0 aliphatic carbocycles. The summed E-state index contributed by atoms with van der Waals surface area (Å²) >= 11 is 7.44. The third kappa shape index (κ3) is 6.28. The Morgan fingerprint density at radius 3 is 2.64 bits per heavy atom. The van der Waals surface area contributed by atoms with Crippen molar-refractivity contribution < 1.29 is 27.5 Å². The lowest BCUT2D eigenvalue weighted by Gasteiger charge is -2.21. The van der Waals surface area contributed by atoms with E-state index in [9.17, 15) is 18.0 Å². The summed E-state index contributed by atoms with van der Waals surface area (Å²) in [5.41, 5.74) is -0.192. The molecule has 0 aliphatic rings. The number of amides is 1. The first-order valence-electron chi connectivity index (χ1n) is 8.01. The van der Waals surface area contributed by atoms with E-state index in [-0.39, 0.29) is 15.5 Å². The van der Waals surface area contributed by atoms with Crippen LogP contribution in [0.2, 0.25) is 5.02 Å². The van der Waals surface area contributed by atoms with Crippen molar-refractivity contribution in [3.8, 4) is 0 Å². The highest BCUT2D eigenvalue weighted by molar-refractivity contribution is 7.89. The molecule has 8 nitrogen and oxygen atoms in total. The Balaban J connectivity index is 2.06. The van der Waals surface area contributed by atoms with Gasteiger partial charge < -0.3 is 14.4 Å². The summed E-state index contributed by atoms with van der Waals surface area (Å²) in [4.78, 5) is 26.9. The minimum Gasteiger partial charge on any atom is -0.452 e. The lowest BCUT2D eigenvalue weighted by molar-refractivity contribution is -0.135. The first-order chi connectivity index (χ1) is 13.2. The standard InChI is InChI=1S/C17H19ClN2O6S2/c1-25-7-6-20(10-12-3-2-8-27-12)16(21)11-26-17(22)14-9-13(28(19,23)24)4-5-15(14)18/h2-5,8-9H,6-7,10-11H2,1H3,(H2,19,23,24). The molecule has 0 aliphatic heterocycles. The van der Waals surface area contributed by atoms with Crippen molar-refractivity contribution in [1.29, 1.82) is 0 Å². The Bertz CT molecular complexity index is 931. The van der Waals surface area contributed by atoms with E-state index in [1.54, 1.807) is 0 Å². The molecule has 0 fully saturated rings. The summed E-state index contributed by atoms with van der Waals surface area (Å²) in [6.07, 6.45) is 0. The summed E-state index contributed by atoms with van der Waals surface area (Å²) < 4.78 is 32.9. The second-order valence-corrected chi connectivity index (χ2v) is 8.65. The minimum absolute atomic E-state index is 0.0142. The third-order valence-electron chi connectivity index (χ3n) is 3.66. The van der Waals surface area contributed by atoms with Gasteiger partial charge in [0.15, 0.2) is 6.61 Å². The number of nitrogens with two attached hydrogens (primary N) is 1. The molecule has 0 atom stereocenters. The van der Waals surface area contributed by atoms with Gasteiger partial charge in [0.25, 0.3) is 5.91 Å². The number of sulfonamides is 1.